The highest BCUT2D eigenvalue weighted by Gasteiger charge is 2.34. The number of carbonyl (C=O) groups is 2. The molecular formula is C22H24FN7O4. The predicted molar refractivity (Wildman–Crippen MR) is 118 cm³/mol. The minimum atomic E-state index is -0.567. The van der Waals surface area contributed by atoms with Crippen LogP contribution in [0.25, 0.3) is 5.65 Å². The normalized spacial score (nSPS) is 20.5. The molecule has 5 rings (SSSR count). The standard InChI is InChI=1S/C22H24FN7O4/c1-14(31)28-8-5-17(18(13-28)34-20-4-3-15(23)11-24-20)26-22(32)16-12-25-29-9-6-19(27-21(16)29)30-7-2-10-33-30/h3-4,6,9,11-12,17-18H,2,5,7-8,10,13H2,1H3,(H,26,32)/t17-,18?/m1/s1. The number of hydrogen-bond donors (Lipinski definition) is 1. The highest BCUT2D eigenvalue weighted by atomic mass is 19.1. The van der Waals surface area contributed by atoms with Crippen LogP contribution in [0.3, 0.4) is 0 Å². The number of hydrogen-bond acceptors (Lipinski definition) is 8. The Hall–Kier alpha value is -3.80. The lowest BCUT2D eigenvalue weighted by Crippen LogP contribution is -2.57. The van der Waals surface area contributed by atoms with Crippen molar-refractivity contribution >= 4 is 23.3 Å². The number of ether oxygens (including phenoxy) is 1. The quantitative estimate of drug-likeness (QED) is 0.593. The van der Waals surface area contributed by atoms with Crippen LogP contribution in [0.4, 0.5) is 10.2 Å². The number of hydroxylamine groups is 1. The molecule has 1 unspecified atom stereocenters. The van der Waals surface area contributed by atoms with Gasteiger partial charge in [0.25, 0.3) is 5.91 Å². The molecule has 12 heteroatoms. The van der Waals surface area contributed by atoms with E-state index in [0.29, 0.717) is 36.6 Å². The second-order valence-corrected chi connectivity index (χ2v) is 8.21. The van der Waals surface area contributed by atoms with Crippen molar-refractivity contribution < 1.29 is 23.6 Å². The van der Waals surface area contributed by atoms with Crippen LogP contribution in [-0.4, -0.2) is 74.7 Å². The van der Waals surface area contributed by atoms with E-state index >= 15 is 0 Å². The van der Waals surface area contributed by atoms with Gasteiger partial charge in [-0.2, -0.15) is 5.10 Å². The van der Waals surface area contributed by atoms with E-state index in [-0.39, 0.29) is 24.2 Å². The van der Waals surface area contributed by atoms with Gasteiger partial charge in [0.1, 0.15) is 17.5 Å². The van der Waals surface area contributed by atoms with Crippen LogP contribution in [-0.2, 0) is 9.63 Å². The molecule has 2 fully saturated rings. The Kier molecular flexibility index (Phi) is 5.97. The van der Waals surface area contributed by atoms with Crippen LogP contribution in [0.1, 0.15) is 30.1 Å². The van der Waals surface area contributed by atoms with E-state index in [1.54, 1.807) is 22.2 Å². The SMILES string of the molecule is CC(=O)N1CC[C@@H](NC(=O)c2cnn3ccc(N4CCCO4)nc23)C(Oc2ccc(F)cn2)C1. The number of likely N-dealkylation sites (tertiary alicyclic amines) is 1. The lowest BCUT2D eigenvalue weighted by Gasteiger charge is -2.38. The van der Waals surface area contributed by atoms with Gasteiger partial charge in [0, 0.05) is 38.3 Å². The first kappa shape index (κ1) is 22.0. The molecule has 0 aromatic carbocycles. The molecule has 0 bridgehead atoms. The van der Waals surface area contributed by atoms with Gasteiger partial charge in [-0.15, -0.1) is 0 Å². The molecule has 2 saturated heterocycles. The molecule has 5 heterocycles. The summed E-state index contributed by atoms with van der Waals surface area (Å²) >= 11 is 0. The van der Waals surface area contributed by atoms with Crippen molar-refractivity contribution in [2.24, 2.45) is 0 Å². The lowest BCUT2D eigenvalue weighted by atomic mass is 10.0. The first-order chi connectivity index (χ1) is 16.5. The summed E-state index contributed by atoms with van der Waals surface area (Å²) in [5.41, 5.74) is 0.720. The predicted octanol–water partition coefficient (Wildman–Crippen LogP) is 1.20. The molecule has 1 N–H and O–H groups in total. The molecule has 0 spiro atoms. The molecule has 2 amide bonds. The van der Waals surface area contributed by atoms with Gasteiger partial charge in [-0.25, -0.2) is 23.9 Å². The summed E-state index contributed by atoms with van der Waals surface area (Å²) in [5, 5.41) is 8.94. The Balaban J connectivity index is 1.36. The van der Waals surface area contributed by atoms with Gasteiger partial charge in [0.2, 0.25) is 11.8 Å². The summed E-state index contributed by atoms with van der Waals surface area (Å²) in [6.07, 6.45) is 5.07. The fourth-order valence-electron chi connectivity index (χ4n) is 4.11. The molecule has 2 aliphatic rings. The van der Waals surface area contributed by atoms with Gasteiger partial charge in [-0.1, -0.05) is 0 Å². The molecule has 0 aliphatic carbocycles. The third kappa shape index (κ3) is 4.49. The van der Waals surface area contributed by atoms with Crippen LogP contribution < -0.4 is 15.1 Å². The number of nitrogens with one attached hydrogen (secondary N) is 1. The Bertz CT molecular complexity index is 1200. The van der Waals surface area contributed by atoms with E-state index in [9.17, 15) is 14.0 Å². The van der Waals surface area contributed by atoms with E-state index in [4.69, 9.17) is 9.57 Å². The minimum absolute atomic E-state index is 0.0890. The Morgan fingerprint density at radius 3 is 2.85 bits per heavy atom. The van der Waals surface area contributed by atoms with Gasteiger partial charge in [0.15, 0.2) is 11.5 Å². The number of carbonyl (C=O) groups excluding carboxylic acids is 2. The highest BCUT2D eigenvalue weighted by Crippen LogP contribution is 2.21. The van der Waals surface area contributed by atoms with Crippen molar-refractivity contribution in [1.29, 1.82) is 0 Å². The molecule has 3 aromatic heterocycles. The maximum Gasteiger partial charge on any atom is 0.257 e. The number of nitrogens with zero attached hydrogens (tertiary/aromatic N) is 6. The number of amides is 2. The second kappa shape index (κ2) is 9.21. The molecule has 34 heavy (non-hydrogen) atoms. The average Bonchev–Trinajstić information content (AvgIpc) is 3.51. The van der Waals surface area contributed by atoms with E-state index in [0.717, 1.165) is 19.2 Å². The third-order valence-corrected chi connectivity index (χ3v) is 5.90. The summed E-state index contributed by atoms with van der Waals surface area (Å²) < 4.78 is 20.7. The highest BCUT2D eigenvalue weighted by molar-refractivity contribution is 6.00. The number of aromatic nitrogens is 4. The number of anilines is 1. The van der Waals surface area contributed by atoms with Crippen molar-refractivity contribution in [1.82, 2.24) is 29.8 Å². The zero-order chi connectivity index (χ0) is 23.7. The number of fused-ring (bicyclic) bond motifs is 1. The fourth-order valence-corrected chi connectivity index (χ4v) is 4.11. The minimum Gasteiger partial charge on any atom is -0.470 e. The zero-order valence-electron chi connectivity index (χ0n) is 18.6. The topological polar surface area (TPSA) is 114 Å². The first-order valence-electron chi connectivity index (χ1n) is 11.1. The van der Waals surface area contributed by atoms with Crippen LogP contribution >= 0.6 is 0 Å². The maximum atomic E-state index is 13.2. The van der Waals surface area contributed by atoms with Gasteiger partial charge >= 0.3 is 0 Å². The zero-order valence-corrected chi connectivity index (χ0v) is 18.6. The van der Waals surface area contributed by atoms with E-state index in [2.05, 4.69) is 20.4 Å². The van der Waals surface area contributed by atoms with Crippen molar-refractivity contribution in [3.8, 4) is 5.88 Å². The van der Waals surface area contributed by atoms with Gasteiger partial charge in [0.05, 0.1) is 31.6 Å². The van der Waals surface area contributed by atoms with Crippen LogP contribution in [0, 0.1) is 5.82 Å². The molecule has 0 radical (unpaired) electrons. The Morgan fingerprint density at radius 2 is 2.12 bits per heavy atom. The molecule has 178 valence electrons. The smallest absolute Gasteiger partial charge is 0.257 e. The van der Waals surface area contributed by atoms with Crippen molar-refractivity contribution in [2.75, 3.05) is 31.3 Å². The van der Waals surface area contributed by atoms with Gasteiger partial charge in [-0.3, -0.25) is 14.4 Å². The van der Waals surface area contributed by atoms with Crippen molar-refractivity contribution in [3.63, 3.8) is 0 Å². The first-order valence-corrected chi connectivity index (χ1v) is 11.1. The average molecular weight is 469 g/mol. The third-order valence-electron chi connectivity index (χ3n) is 5.90. The summed E-state index contributed by atoms with van der Waals surface area (Å²) in [6.45, 7) is 3.58. The molecule has 2 atom stereocenters. The largest absolute Gasteiger partial charge is 0.470 e. The second-order valence-electron chi connectivity index (χ2n) is 8.21. The van der Waals surface area contributed by atoms with Crippen molar-refractivity contribution in [3.05, 3.63) is 48.2 Å². The monoisotopic (exact) mass is 469 g/mol. The molecule has 11 nitrogen and oxygen atoms in total. The Labute approximate surface area is 194 Å². The Morgan fingerprint density at radius 1 is 1.24 bits per heavy atom. The summed E-state index contributed by atoms with van der Waals surface area (Å²) in [4.78, 5) is 40.9. The molecule has 3 aromatic rings. The molecule has 2 aliphatic heterocycles. The van der Waals surface area contributed by atoms with E-state index in [1.165, 1.54) is 29.8 Å². The maximum absolute atomic E-state index is 13.2. The number of halogens is 1. The van der Waals surface area contributed by atoms with Crippen LogP contribution in [0.15, 0.2) is 36.8 Å². The summed E-state index contributed by atoms with van der Waals surface area (Å²) in [7, 11) is 0. The molecular weight excluding hydrogens is 445 g/mol. The number of piperidine rings is 1. The van der Waals surface area contributed by atoms with Gasteiger partial charge < -0.3 is 15.0 Å². The van der Waals surface area contributed by atoms with Crippen LogP contribution in [0.2, 0.25) is 0 Å². The van der Waals surface area contributed by atoms with E-state index in [1.807, 2.05) is 0 Å². The lowest BCUT2D eigenvalue weighted by molar-refractivity contribution is -0.131. The van der Waals surface area contributed by atoms with E-state index < -0.39 is 18.0 Å². The summed E-state index contributed by atoms with van der Waals surface area (Å²) in [5.74, 6) is -0.106. The fraction of sp³-hybridized carbons (Fsp3) is 0.409. The van der Waals surface area contributed by atoms with Crippen molar-refractivity contribution in [2.45, 2.75) is 31.9 Å². The van der Waals surface area contributed by atoms with Gasteiger partial charge in [-0.05, 0) is 18.9 Å². The van der Waals surface area contributed by atoms with Crippen LogP contribution in [0.5, 0.6) is 5.88 Å². The molecule has 0 saturated carbocycles. The number of rotatable bonds is 5. The summed E-state index contributed by atoms with van der Waals surface area (Å²) in [6, 6.07) is 4.03. The number of pyridine rings is 1.